The normalized spacial score (nSPS) is 21.8. The fraction of sp³-hybridized carbons (Fsp3) is 0.417. The van der Waals surface area contributed by atoms with Gasteiger partial charge in [-0.05, 0) is 12.5 Å². The zero-order chi connectivity index (χ0) is 10.7. The van der Waals surface area contributed by atoms with Crippen molar-refractivity contribution in [2.45, 2.75) is 19.5 Å². The molecule has 1 unspecified atom stereocenters. The van der Waals surface area contributed by atoms with Gasteiger partial charge in [0.25, 0.3) is 0 Å². The average molecular weight is 331 g/mol. The molecule has 0 aromatic heterocycles. The molecule has 88 valence electrons. The largest absolute Gasteiger partial charge is 0.352 e. The first-order valence-electron chi connectivity index (χ1n) is 5.32. The van der Waals surface area contributed by atoms with Crippen molar-refractivity contribution in [3.8, 4) is 0 Å². The number of guanidine groups is 1. The molecule has 3 nitrogen and oxygen atoms in total. The van der Waals surface area contributed by atoms with Crippen molar-refractivity contribution in [2.75, 3.05) is 13.6 Å². The second kappa shape index (κ2) is 6.08. The Hall–Kier alpha value is -0.780. The minimum atomic E-state index is 0. The SMILES string of the molecule is CC1CN(C)C(=NCc2ccccc2)N1.I. The third-order valence-corrected chi connectivity index (χ3v) is 2.54. The number of likely N-dealkylation sites (N-methyl/N-ethyl adjacent to an activating group) is 1. The molecule has 0 bridgehead atoms. The molecule has 1 N–H and O–H groups in total. The predicted octanol–water partition coefficient (Wildman–Crippen LogP) is 2.08. The third-order valence-electron chi connectivity index (χ3n) is 2.54. The molecule has 1 aliphatic rings. The molecule has 1 saturated heterocycles. The van der Waals surface area contributed by atoms with Crippen molar-refractivity contribution in [3.05, 3.63) is 35.9 Å². The van der Waals surface area contributed by atoms with Gasteiger partial charge in [-0.3, -0.25) is 0 Å². The van der Waals surface area contributed by atoms with E-state index in [0.29, 0.717) is 6.04 Å². The Bertz CT molecular complexity index is 351. The lowest BCUT2D eigenvalue weighted by Gasteiger charge is -2.09. The molecule has 0 radical (unpaired) electrons. The number of hydrogen-bond acceptors (Lipinski definition) is 1. The summed E-state index contributed by atoms with van der Waals surface area (Å²) in [6, 6.07) is 10.8. The first-order valence-corrected chi connectivity index (χ1v) is 5.32. The highest BCUT2D eigenvalue weighted by atomic mass is 127. The highest BCUT2D eigenvalue weighted by Gasteiger charge is 2.19. The first kappa shape index (κ1) is 13.3. The van der Waals surface area contributed by atoms with E-state index in [4.69, 9.17) is 0 Å². The Morgan fingerprint density at radius 3 is 2.62 bits per heavy atom. The summed E-state index contributed by atoms with van der Waals surface area (Å²) < 4.78 is 0. The minimum absolute atomic E-state index is 0. The van der Waals surface area contributed by atoms with Gasteiger partial charge >= 0.3 is 0 Å². The molecule has 0 aliphatic carbocycles. The number of aliphatic imine (C=N–C) groups is 1. The molecule has 16 heavy (non-hydrogen) atoms. The number of halogens is 1. The van der Waals surface area contributed by atoms with Crippen molar-refractivity contribution in [2.24, 2.45) is 4.99 Å². The lowest BCUT2D eigenvalue weighted by molar-refractivity contribution is 0.521. The van der Waals surface area contributed by atoms with Crippen LogP contribution in [0.2, 0.25) is 0 Å². The maximum Gasteiger partial charge on any atom is 0.194 e. The molecule has 2 rings (SSSR count). The second-order valence-electron chi connectivity index (χ2n) is 4.05. The van der Waals surface area contributed by atoms with Crippen LogP contribution in [0.4, 0.5) is 0 Å². The molecule has 1 aromatic carbocycles. The van der Waals surface area contributed by atoms with E-state index in [-0.39, 0.29) is 24.0 Å². The summed E-state index contributed by atoms with van der Waals surface area (Å²) in [6.07, 6.45) is 0. The minimum Gasteiger partial charge on any atom is -0.352 e. The first-order chi connectivity index (χ1) is 7.25. The Kier molecular flexibility index (Phi) is 5.05. The van der Waals surface area contributed by atoms with Crippen LogP contribution >= 0.6 is 24.0 Å². The van der Waals surface area contributed by atoms with Crippen molar-refractivity contribution in [1.82, 2.24) is 10.2 Å². The summed E-state index contributed by atoms with van der Waals surface area (Å²) in [5.41, 5.74) is 1.25. The van der Waals surface area contributed by atoms with Crippen LogP contribution in [0.1, 0.15) is 12.5 Å². The van der Waals surface area contributed by atoms with Crippen LogP contribution in [-0.4, -0.2) is 30.5 Å². The summed E-state index contributed by atoms with van der Waals surface area (Å²) >= 11 is 0. The van der Waals surface area contributed by atoms with Gasteiger partial charge in [0.2, 0.25) is 0 Å². The van der Waals surface area contributed by atoms with Crippen LogP contribution in [0.3, 0.4) is 0 Å². The maximum absolute atomic E-state index is 4.56. The number of benzene rings is 1. The van der Waals surface area contributed by atoms with Gasteiger partial charge in [-0.2, -0.15) is 0 Å². The van der Waals surface area contributed by atoms with Gasteiger partial charge in [0.1, 0.15) is 0 Å². The van der Waals surface area contributed by atoms with Crippen molar-refractivity contribution < 1.29 is 0 Å². The summed E-state index contributed by atoms with van der Waals surface area (Å²) in [6.45, 7) is 3.95. The lowest BCUT2D eigenvalue weighted by Crippen LogP contribution is -2.27. The van der Waals surface area contributed by atoms with Gasteiger partial charge < -0.3 is 10.2 Å². The highest BCUT2D eigenvalue weighted by Crippen LogP contribution is 2.04. The molecule has 4 heteroatoms. The molecule has 1 atom stereocenters. The standard InChI is InChI=1S/C12H17N3.HI/c1-10-9-15(2)12(14-10)13-8-11-6-4-3-5-7-11;/h3-7,10H,8-9H2,1-2H3,(H,13,14);1H. The van der Waals surface area contributed by atoms with Gasteiger partial charge in [-0.25, -0.2) is 4.99 Å². The van der Waals surface area contributed by atoms with Crippen LogP contribution < -0.4 is 5.32 Å². The molecule has 1 aromatic rings. The average Bonchev–Trinajstić information content (AvgIpc) is 2.56. The zero-order valence-corrected chi connectivity index (χ0v) is 12.0. The fourth-order valence-electron chi connectivity index (χ4n) is 1.79. The Balaban J connectivity index is 0.00000128. The summed E-state index contributed by atoms with van der Waals surface area (Å²) in [4.78, 5) is 6.72. The third kappa shape index (κ3) is 3.37. The van der Waals surface area contributed by atoms with Gasteiger partial charge in [-0.15, -0.1) is 24.0 Å². The number of nitrogens with zero attached hydrogens (tertiary/aromatic N) is 2. The van der Waals surface area contributed by atoms with Crippen LogP contribution in [-0.2, 0) is 6.54 Å². The Morgan fingerprint density at radius 2 is 2.06 bits per heavy atom. The maximum atomic E-state index is 4.56. The van der Waals surface area contributed by atoms with E-state index in [1.807, 2.05) is 18.2 Å². The number of nitrogens with one attached hydrogen (secondary N) is 1. The lowest BCUT2D eigenvalue weighted by atomic mass is 10.2. The number of hydrogen-bond donors (Lipinski definition) is 1. The van der Waals surface area contributed by atoms with Gasteiger partial charge in [0.15, 0.2) is 5.96 Å². The van der Waals surface area contributed by atoms with E-state index in [1.54, 1.807) is 0 Å². The highest BCUT2D eigenvalue weighted by molar-refractivity contribution is 14.0. The summed E-state index contributed by atoms with van der Waals surface area (Å²) in [5.74, 6) is 1.01. The van der Waals surface area contributed by atoms with Gasteiger partial charge in [0.05, 0.1) is 6.54 Å². The predicted molar refractivity (Wildman–Crippen MR) is 78.2 cm³/mol. The molecular weight excluding hydrogens is 313 g/mol. The van der Waals surface area contributed by atoms with Crippen molar-refractivity contribution >= 4 is 29.9 Å². The Labute approximate surface area is 114 Å². The molecule has 0 saturated carbocycles. The van der Waals surface area contributed by atoms with Gasteiger partial charge in [0, 0.05) is 19.6 Å². The fourth-order valence-corrected chi connectivity index (χ4v) is 1.79. The molecule has 1 aliphatic heterocycles. The van der Waals surface area contributed by atoms with E-state index < -0.39 is 0 Å². The van der Waals surface area contributed by atoms with E-state index in [9.17, 15) is 0 Å². The van der Waals surface area contributed by atoms with Crippen molar-refractivity contribution in [1.29, 1.82) is 0 Å². The zero-order valence-electron chi connectivity index (χ0n) is 9.68. The van der Waals surface area contributed by atoms with Crippen LogP contribution in [0.25, 0.3) is 0 Å². The second-order valence-corrected chi connectivity index (χ2v) is 4.05. The molecule has 0 amide bonds. The molecular formula is C12H18IN3. The van der Waals surface area contributed by atoms with E-state index in [2.05, 4.69) is 41.3 Å². The van der Waals surface area contributed by atoms with Crippen molar-refractivity contribution in [3.63, 3.8) is 0 Å². The Morgan fingerprint density at radius 1 is 1.38 bits per heavy atom. The van der Waals surface area contributed by atoms with Gasteiger partial charge in [-0.1, -0.05) is 30.3 Å². The van der Waals surface area contributed by atoms with Crippen LogP contribution in [0, 0.1) is 0 Å². The van der Waals surface area contributed by atoms with Crippen LogP contribution in [0.15, 0.2) is 35.3 Å². The van der Waals surface area contributed by atoms with E-state index >= 15 is 0 Å². The molecule has 1 heterocycles. The van der Waals surface area contributed by atoms with E-state index in [0.717, 1.165) is 19.0 Å². The van der Waals surface area contributed by atoms with E-state index in [1.165, 1.54) is 5.56 Å². The molecule has 0 spiro atoms. The van der Waals surface area contributed by atoms with Crippen LogP contribution in [0.5, 0.6) is 0 Å². The summed E-state index contributed by atoms with van der Waals surface area (Å²) in [5, 5.41) is 3.35. The quantitative estimate of drug-likeness (QED) is 0.841. The topological polar surface area (TPSA) is 27.6 Å². The smallest absolute Gasteiger partial charge is 0.194 e. The number of rotatable bonds is 2. The summed E-state index contributed by atoms with van der Waals surface area (Å²) in [7, 11) is 2.07. The molecule has 1 fully saturated rings. The monoisotopic (exact) mass is 331 g/mol.